The van der Waals surface area contributed by atoms with Gasteiger partial charge in [0, 0.05) is 26.7 Å². The van der Waals surface area contributed by atoms with Crippen LogP contribution in [0.25, 0.3) is 0 Å². The number of nitrogens with zero attached hydrogens (tertiary/aromatic N) is 2. The van der Waals surface area contributed by atoms with Crippen molar-refractivity contribution in [1.82, 2.24) is 9.80 Å². The summed E-state index contributed by atoms with van der Waals surface area (Å²) in [5.41, 5.74) is 8.51. The lowest BCUT2D eigenvalue weighted by atomic mass is 9.99. The zero-order chi connectivity index (χ0) is 14.7. The first kappa shape index (κ1) is 15.0. The second-order valence-electron chi connectivity index (χ2n) is 5.74. The van der Waals surface area contributed by atoms with Crippen LogP contribution in [-0.2, 0) is 4.79 Å². The van der Waals surface area contributed by atoms with Crippen LogP contribution in [0.1, 0.15) is 30.0 Å². The molecule has 1 amide bonds. The van der Waals surface area contributed by atoms with Crippen LogP contribution in [-0.4, -0.2) is 48.9 Å². The van der Waals surface area contributed by atoms with Crippen molar-refractivity contribution in [1.29, 1.82) is 0 Å². The van der Waals surface area contributed by atoms with Crippen LogP contribution < -0.4 is 5.73 Å². The van der Waals surface area contributed by atoms with Gasteiger partial charge in [-0.15, -0.1) is 0 Å². The van der Waals surface area contributed by atoms with Gasteiger partial charge in [0.15, 0.2) is 0 Å². The third-order valence-corrected chi connectivity index (χ3v) is 4.19. The molecule has 1 saturated heterocycles. The molecule has 1 aromatic rings. The number of rotatable bonds is 4. The lowest BCUT2D eigenvalue weighted by molar-refractivity contribution is -0.134. The Morgan fingerprint density at radius 2 is 2.15 bits per heavy atom. The van der Waals surface area contributed by atoms with E-state index in [0.29, 0.717) is 6.54 Å². The minimum Gasteiger partial charge on any atom is -0.347 e. The van der Waals surface area contributed by atoms with E-state index in [-0.39, 0.29) is 18.0 Å². The summed E-state index contributed by atoms with van der Waals surface area (Å²) in [6.45, 7) is 3.60. The molecule has 0 bridgehead atoms. The molecule has 1 aliphatic heterocycles. The maximum atomic E-state index is 12.3. The van der Waals surface area contributed by atoms with Crippen molar-refractivity contribution < 1.29 is 4.79 Å². The van der Waals surface area contributed by atoms with E-state index < -0.39 is 0 Å². The Hall–Kier alpha value is -1.39. The molecule has 110 valence electrons. The third kappa shape index (κ3) is 2.86. The van der Waals surface area contributed by atoms with Crippen molar-refractivity contribution in [2.75, 3.05) is 27.2 Å². The lowest BCUT2D eigenvalue weighted by Gasteiger charge is -2.33. The van der Waals surface area contributed by atoms with Gasteiger partial charge in [0.05, 0.1) is 6.04 Å². The third-order valence-electron chi connectivity index (χ3n) is 4.19. The van der Waals surface area contributed by atoms with Gasteiger partial charge in [0.1, 0.15) is 0 Å². The molecule has 0 saturated carbocycles. The molecule has 2 rings (SSSR count). The maximum Gasteiger partial charge on any atom is 0.239 e. The monoisotopic (exact) mass is 275 g/mol. The number of likely N-dealkylation sites (N-methyl/N-ethyl adjacent to an activating group) is 1. The summed E-state index contributed by atoms with van der Waals surface area (Å²) in [5.74, 6) is 0.189. The first-order valence-corrected chi connectivity index (χ1v) is 7.28. The smallest absolute Gasteiger partial charge is 0.239 e. The van der Waals surface area contributed by atoms with Gasteiger partial charge in [0.25, 0.3) is 0 Å². The normalized spacial score (nSPS) is 20.9. The van der Waals surface area contributed by atoms with E-state index in [2.05, 4.69) is 24.0 Å². The van der Waals surface area contributed by atoms with E-state index in [1.165, 1.54) is 11.1 Å². The van der Waals surface area contributed by atoms with Crippen LogP contribution in [0.5, 0.6) is 0 Å². The molecular weight excluding hydrogens is 250 g/mol. The van der Waals surface area contributed by atoms with E-state index in [1.807, 2.05) is 26.2 Å². The molecule has 2 unspecified atom stereocenters. The average Bonchev–Trinajstić information content (AvgIpc) is 2.90. The SMILES string of the molecule is Cc1ccccc1C(CN)N1CCCC1C(=O)N(C)C. The molecule has 1 fully saturated rings. The highest BCUT2D eigenvalue weighted by molar-refractivity contribution is 5.81. The van der Waals surface area contributed by atoms with E-state index in [1.54, 1.807) is 4.90 Å². The molecule has 1 heterocycles. The first-order valence-electron chi connectivity index (χ1n) is 7.28. The molecule has 1 aliphatic rings. The standard InChI is InChI=1S/C16H25N3O/c1-12-7-4-5-8-13(12)15(11-17)19-10-6-9-14(19)16(20)18(2)3/h4-5,7-8,14-15H,6,9-11,17H2,1-3H3. The molecule has 0 aromatic heterocycles. The quantitative estimate of drug-likeness (QED) is 0.907. The van der Waals surface area contributed by atoms with Crippen LogP contribution in [0.2, 0.25) is 0 Å². The van der Waals surface area contributed by atoms with Crippen LogP contribution in [0.15, 0.2) is 24.3 Å². The maximum absolute atomic E-state index is 12.3. The fourth-order valence-corrected chi connectivity index (χ4v) is 3.13. The number of benzene rings is 1. The summed E-state index contributed by atoms with van der Waals surface area (Å²) in [6, 6.07) is 8.42. The predicted octanol–water partition coefficient (Wildman–Crippen LogP) is 1.55. The van der Waals surface area contributed by atoms with E-state index >= 15 is 0 Å². The van der Waals surface area contributed by atoms with Gasteiger partial charge in [-0.2, -0.15) is 0 Å². The minimum atomic E-state index is -0.0295. The lowest BCUT2D eigenvalue weighted by Crippen LogP contribution is -2.46. The van der Waals surface area contributed by atoms with Crippen LogP contribution in [0.4, 0.5) is 0 Å². The Labute approximate surface area is 121 Å². The second-order valence-corrected chi connectivity index (χ2v) is 5.74. The zero-order valence-electron chi connectivity index (χ0n) is 12.7. The number of aryl methyl sites for hydroxylation is 1. The fraction of sp³-hybridized carbons (Fsp3) is 0.562. The molecule has 0 radical (unpaired) electrons. The summed E-state index contributed by atoms with van der Waals surface area (Å²) >= 11 is 0. The highest BCUT2D eigenvalue weighted by Crippen LogP contribution is 2.31. The van der Waals surface area contributed by atoms with Crippen molar-refractivity contribution in [2.24, 2.45) is 5.73 Å². The van der Waals surface area contributed by atoms with Gasteiger partial charge in [-0.25, -0.2) is 0 Å². The fourth-order valence-electron chi connectivity index (χ4n) is 3.13. The number of likely N-dealkylation sites (tertiary alicyclic amines) is 1. The molecule has 1 aromatic carbocycles. The van der Waals surface area contributed by atoms with Gasteiger partial charge >= 0.3 is 0 Å². The summed E-state index contributed by atoms with van der Waals surface area (Å²) in [6.07, 6.45) is 1.99. The number of hydrogen-bond donors (Lipinski definition) is 1. The first-order chi connectivity index (χ1) is 9.56. The molecule has 4 heteroatoms. The summed E-state index contributed by atoms with van der Waals surface area (Å²) in [7, 11) is 3.65. The summed E-state index contributed by atoms with van der Waals surface area (Å²) < 4.78 is 0. The van der Waals surface area contributed by atoms with Crippen LogP contribution in [0.3, 0.4) is 0 Å². The van der Waals surface area contributed by atoms with Crippen molar-refractivity contribution >= 4 is 5.91 Å². The summed E-state index contributed by atoms with van der Waals surface area (Å²) in [4.78, 5) is 16.3. The Morgan fingerprint density at radius 3 is 2.75 bits per heavy atom. The Morgan fingerprint density at radius 1 is 1.45 bits per heavy atom. The Balaban J connectivity index is 2.27. The van der Waals surface area contributed by atoms with Crippen LogP contribution in [0, 0.1) is 6.92 Å². The molecule has 2 atom stereocenters. The number of hydrogen-bond acceptors (Lipinski definition) is 3. The van der Waals surface area contributed by atoms with Gasteiger partial charge in [0.2, 0.25) is 5.91 Å². The van der Waals surface area contributed by atoms with Crippen LogP contribution >= 0.6 is 0 Å². The number of carbonyl (C=O) groups excluding carboxylic acids is 1. The second kappa shape index (κ2) is 6.37. The Kier molecular flexibility index (Phi) is 4.78. The topological polar surface area (TPSA) is 49.6 Å². The van der Waals surface area contributed by atoms with E-state index in [0.717, 1.165) is 19.4 Å². The zero-order valence-corrected chi connectivity index (χ0v) is 12.7. The highest BCUT2D eigenvalue weighted by atomic mass is 16.2. The highest BCUT2D eigenvalue weighted by Gasteiger charge is 2.36. The van der Waals surface area contributed by atoms with Crippen molar-refractivity contribution in [2.45, 2.75) is 31.8 Å². The minimum absolute atomic E-state index is 0.0295. The summed E-state index contributed by atoms with van der Waals surface area (Å²) in [5, 5.41) is 0. The molecule has 2 N–H and O–H groups in total. The Bertz CT molecular complexity index is 473. The van der Waals surface area contributed by atoms with Crippen molar-refractivity contribution in [3.63, 3.8) is 0 Å². The van der Waals surface area contributed by atoms with E-state index in [4.69, 9.17) is 5.73 Å². The molecule has 0 aliphatic carbocycles. The van der Waals surface area contributed by atoms with E-state index in [9.17, 15) is 4.79 Å². The number of nitrogens with two attached hydrogens (primary N) is 1. The molecule has 0 spiro atoms. The van der Waals surface area contributed by atoms with Crippen molar-refractivity contribution in [3.8, 4) is 0 Å². The predicted molar refractivity (Wildman–Crippen MR) is 81.4 cm³/mol. The number of carbonyl (C=O) groups is 1. The average molecular weight is 275 g/mol. The molecule has 4 nitrogen and oxygen atoms in total. The molecular formula is C16H25N3O. The van der Waals surface area contributed by atoms with Gasteiger partial charge < -0.3 is 10.6 Å². The van der Waals surface area contributed by atoms with Gasteiger partial charge in [-0.3, -0.25) is 9.69 Å². The van der Waals surface area contributed by atoms with Gasteiger partial charge in [-0.1, -0.05) is 24.3 Å². The molecule has 20 heavy (non-hydrogen) atoms. The largest absolute Gasteiger partial charge is 0.347 e. The van der Waals surface area contributed by atoms with Crippen molar-refractivity contribution in [3.05, 3.63) is 35.4 Å². The van der Waals surface area contributed by atoms with Gasteiger partial charge in [-0.05, 0) is 37.4 Å². The number of amides is 1.